The standard InChI is InChI=1S/C12H14F3N3O2/c1-18(6-10(19)17-7-12(13,14)15)11(20)8-3-2-4-9(16)5-8/h2-5H,6-7,16H2,1H3,(H,17,19). The summed E-state index contributed by atoms with van der Waals surface area (Å²) in [6, 6.07) is 6.09. The molecule has 110 valence electrons. The number of nitrogens with two attached hydrogens (primary N) is 1. The molecule has 0 radical (unpaired) electrons. The van der Waals surface area contributed by atoms with Crippen molar-refractivity contribution in [3.8, 4) is 0 Å². The van der Waals surface area contributed by atoms with Gasteiger partial charge in [-0.3, -0.25) is 9.59 Å². The molecule has 0 atom stereocenters. The van der Waals surface area contributed by atoms with Gasteiger partial charge in [0, 0.05) is 18.3 Å². The Kier molecular flexibility index (Phi) is 4.95. The zero-order chi connectivity index (χ0) is 15.3. The molecule has 1 aromatic carbocycles. The molecule has 0 fully saturated rings. The first-order valence-electron chi connectivity index (χ1n) is 5.63. The van der Waals surface area contributed by atoms with Crippen molar-refractivity contribution in [1.82, 2.24) is 10.2 Å². The second kappa shape index (κ2) is 6.27. The summed E-state index contributed by atoms with van der Waals surface area (Å²) in [5, 5.41) is 1.69. The fourth-order valence-electron chi connectivity index (χ4n) is 1.43. The van der Waals surface area contributed by atoms with E-state index < -0.39 is 31.1 Å². The fraction of sp³-hybridized carbons (Fsp3) is 0.333. The van der Waals surface area contributed by atoms with E-state index in [1.54, 1.807) is 17.4 Å². The van der Waals surface area contributed by atoms with Crippen molar-refractivity contribution < 1.29 is 22.8 Å². The highest BCUT2D eigenvalue weighted by atomic mass is 19.4. The Morgan fingerprint density at radius 2 is 2.00 bits per heavy atom. The maximum atomic E-state index is 11.9. The molecule has 20 heavy (non-hydrogen) atoms. The molecule has 1 rings (SSSR count). The summed E-state index contributed by atoms with van der Waals surface area (Å²) in [4.78, 5) is 24.2. The number of hydrogen-bond acceptors (Lipinski definition) is 3. The average Bonchev–Trinajstić information content (AvgIpc) is 2.34. The van der Waals surface area contributed by atoms with Crippen LogP contribution in [0.15, 0.2) is 24.3 Å². The van der Waals surface area contributed by atoms with Gasteiger partial charge < -0.3 is 16.0 Å². The molecule has 5 nitrogen and oxygen atoms in total. The van der Waals surface area contributed by atoms with Crippen LogP contribution in [0.25, 0.3) is 0 Å². The Morgan fingerprint density at radius 3 is 2.55 bits per heavy atom. The second-order valence-corrected chi connectivity index (χ2v) is 4.18. The number of rotatable bonds is 4. The van der Waals surface area contributed by atoms with Gasteiger partial charge in [0.25, 0.3) is 5.91 Å². The summed E-state index contributed by atoms with van der Waals surface area (Å²) in [5.41, 5.74) is 6.16. The molecule has 8 heteroatoms. The molecule has 0 aliphatic carbocycles. The Labute approximate surface area is 113 Å². The molecule has 1 aromatic rings. The number of likely N-dealkylation sites (N-methyl/N-ethyl adjacent to an activating group) is 1. The molecule has 0 heterocycles. The van der Waals surface area contributed by atoms with Crippen molar-refractivity contribution in [3.05, 3.63) is 29.8 Å². The molecule has 0 aliphatic heterocycles. The normalized spacial score (nSPS) is 11.0. The number of halogens is 3. The number of carbonyl (C=O) groups is 2. The first-order chi connectivity index (χ1) is 9.19. The van der Waals surface area contributed by atoms with E-state index in [0.29, 0.717) is 5.69 Å². The Hall–Kier alpha value is -2.25. The van der Waals surface area contributed by atoms with Crippen LogP contribution in [0.5, 0.6) is 0 Å². The fourth-order valence-corrected chi connectivity index (χ4v) is 1.43. The van der Waals surface area contributed by atoms with Crippen molar-refractivity contribution in [1.29, 1.82) is 0 Å². The number of nitrogens with zero attached hydrogens (tertiary/aromatic N) is 1. The lowest BCUT2D eigenvalue weighted by Crippen LogP contribution is -2.41. The van der Waals surface area contributed by atoms with Gasteiger partial charge in [0.1, 0.15) is 6.54 Å². The third-order valence-electron chi connectivity index (χ3n) is 2.35. The molecular formula is C12H14F3N3O2. The molecular weight excluding hydrogens is 275 g/mol. The Balaban J connectivity index is 2.56. The number of carbonyl (C=O) groups excluding carboxylic acids is 2. The molecule has 0 aromatic heterocycles. The van der Waals surface area contributed by atoms with Gasteiger partial charge in [-0.2, -0.15) is 13.2 Å². The summed E-state index contributed by atoms with van der Waals surface area (Å²) >= 11 is 0. The monoisotopic (exact) mass is 289 g/mol. The molecule has 0 unspecified atom stereocenters. The van der Waals surface area contributed by atoms with E-state index in [9.17, 15) is 22.8 Å². The molecule has 0 bridgehead atoms. The molecule has 2 amide bonds. The van der Waals surface area contributed by atoms with Crippen molar-refractivity contribution >= 4 is 17.5 Å². The molecule has 0 saturated heterocycles. The lowest BCUT2D eigenvalue weighted by molar-refractivity contribution is -0.138. The van der Waals surface area contributed by atoms with Gasteiger partial charge in [0.15, 0.2) is 0 Å². The highest BCUT2D eigenvalue weighted by Gasteiger charge is 2.28. The number of nitrogen functional groups attached to an aromatic ring is 1. The minimum atomic E-state index is -4.48. The van der Waals surface area contributed by atoms with Crippen LogP contribution in [0.2, 0.25) is 0 Å². The van der Waals surface area contributed by atoms with E-state index in [1.807, 2.05) is 0 Å². The number of benzene rings is 1. The highest BCUT2D eigenvalue weighted by molar-refractivity contribution is 5.97. The topological polar surface area (TPSA) is 75.4 Å². The van der Waals surface area contributed by atoms with Gasteiger partial charge in [-0.05, 0) is 18.2 Å². The Morgan fingerprint density at radius 1 is 1.35 bits per heavy atom. The van der Waals surface area contributed by atoms with Crippen LogP contribution in [0.1, 0.15) is 10.4 Å². The first-order valence-corrected chi connectivity index (χ1v) is 5.63. The van der Waals surface area contributed by atoms with Crippen LogP contribution in [0.3, 0.4) is 0 Å². The van der Waals surface area contributed by atoms with Crippen LogP contribution in [-0.4, -0.2) is 43.0 Å². The van der Waals surface area contributed by atoms with Crippen LogP contribution >= 0.6 is 0 Å². The molecule has 0 aliphatic rings. The lowest BCUT2D eigenvalue weighted by Gasteiger charge is -2.17. The van der Waals surface area contributed by atoms with Crippen LogP contribution in [0, 0.1) is 0 Å². The van der Waals surface area contributed by atoms with E-state index >= 15 is 0 Å². The van der Waals surface area contributed by atoms with Gasteiger partial charge in [-0.1, -0.05) is 6.07 Å². The predicted molar refractivity (Wildman–Crippen MR) is 66.9 cm³/mol. The number of hydrogen-bond donors (Lipinski definition) is 2. The van der Waals surface area contributed by atoms with Gasteiger partial charge in [-0.25, -0.2) is 0 Å². The van der Waals surface area contributed by atoms with Crippen molar-refractivity contribution in [2.75, 3.05) is 25.9 Å². The SMILES string of the molecule is CN(CC(=O)NCC(F)(F)F)C(=O)c1cccc(N)c1. The van der Waals surface area contributed by atoms with Crippen molar-refractivity contribution in [3.63, 3.8) is 0 Å². The second-order valence-electron chi connectivity index (χ2n) is 4.18. The molecule has 0 spiro atoms. The largest absolute Gasteiger partial charge is 0.405 e. The van der Waals surface area contributed by atoms with Gasteiger partial charge >= 0.3 is 6.18 Å². The van der Waals surface area contributed by atoms with Gasteiger partial charge in [0.05, 0.1) is 6.54 Å². The zero-order valence-electron chi connectivity index (χ0n) is 10.7. The quantitative estimate of drug-likeness (QED) is 0.813. The van der Waals surface area contributed by atoms with E-state index in [0.717, 1.165) is 4.90 Å². The first kappa shape index (κ1) is 15.8. The van der Waals surface area contributed by atoms with E-state index in [1.165, 1.54) is 19.2 Å². The van der Waals surface area contributed by atoms with Gasteiger partial charge in [0.2, 0.25) is 5.91 Å². The number of nitrogens with one attached hydrogen (secondary N) is 1. The van der Waals surface area contributed by atoms with E-state index in [2.05, 4.69) is 0 Å². The lowest BCUT2D eigenvalue weighted by atomic mass is 10.2. The van der Waals surface area contributed by atoms with E-state index in [4.69, 9.17) is 5.73 Å². The zero-order valence-corrected chi connectivity index (χ0v) is 10.7. The van der Waals surface area contributed by atoms with Crippen molar-refractivity contribution in [2.45, 2.75) is 6.18 Å². The summed E-state index contributed by atoms with van der Waals surface area (Å²) < 4.78 is 35.7. The maximum Gasteiger partial charge on any atom is 0.405 e. The Bertz CT molecular complexity index is 503. The van der Waals surface area contributed by atoms with Crippen LogP contribution < -0.4 is 11.1 Å². The summed E-state index contributed by atoms with van der Waals surface area (Å²) in [7, 11) is 1.32. The minimum absolute atomic E-state index is 0.260. The maximum absolute atomic E-state index is 11.9. The van der Waals surface area contributed by atoms with Crippen molar-refractivity contribution in [2.24, 2.45) is 0 Å². The summed E-state index contributed by atoms with van der Waals surface area (Å²) in [5.74, 6) is -1.39. The number of anilines is 1. The number of amides is 2. The predicted octanol–water partition coefficient (Wildman–Crippen LogP) is 1.02. The van der Waals surface area contributed by atoms with Crippen LogP contribution in [0.4, 0.5) is 18.9 Å². The molecule has 3 N–H and O–H groups in total. The smallest absolute Gasteiger partial charge is 0.399 e. The van der Waals surface area contributed by atoms with E-state index in [-0.39, 0.29) is 5.56 Å². The molecule has 0 saturated carbocycles. The van der Waals surface area contributed by atoms with Crippen LogP contribution in [-0.2, 0) is 4.79 Å². The average molecular weight is 289 g/mol. The highest BCUT2D eigenvalue weighted by Crippen LogP contribution is 2.12. The summed E-state index contributed by atoms with van der Waals surface area (Å²) in [6.45, 7) is -1.89. The third-order valence-corrected chi connectivity index (χ3v) is 2.35. The minimum Gasteiger partial charge on any atom is -0.399 e. The number of alkyl halides is 3. The van der Waals surface area contributed by atoms with Gasteiger partial charge in [-0.15, -0.1) is 0 Å². The summed E-state index contributed by atoms with van der Waals surface area (Å²) in [6.07, 6.45) is -4.48. The third kappa shape index (κ3) is 5.17.